The molecule has 1 aromatic rings. The molecule has 1 aromatic heterocycles. The summed E-state index contributed by atoms with van der Waals surface area (Å²) in [6, 6.07) is 6.13. The molecule has 0 amide bonds. The van der Waals surface area contributed by atoms with Crippen LogP contribution in [0.15, 0.2) is 42.3 Å². The van der Waals surface area contributed by atoms with Gasteiger partial charge >= 0.3 is 0 Å². The van der Waals surface area contributed by atoms with Crippen molar-refractivity contribution in [1.29, 1.82) is 5.26 Å². The first-order valence-electron chi connectivity index (χ1n) is 4.62. The van der Waals surface area contributed by atoms with Crippen LogP contribution in [0, 0.1) is 11.3 Å². The lowest BCUT2D eigenvalue weighted by molar-refractivity contribution is 0.999. The lowest BCUT2D eigenvalue weighted by Gasteiger charge is -2.09. The molecule has 0 atom stereocenters. The second-order valence-electron chi connectivity index (χ2n) is 3.18. The van der Waals surface area contributed by atoms with E-state index in [9.17, 15) is 0 Å². The molecule has 1 aliphatic carbocycles. The molecule has 0 unspecified atom stereocenters. The van der Waals surface area contributed by atoms with E-state index in [-0.39, 0.29) is 0 Å². The maximum Gasteiger partial charge on any atom is 0.0953 e. The van der Waals surface area contributed by atoms with Crippen molar-refractivity contribution in [1.82, 2.24) is 4.98 Å². The van der Waals surface area contributed by atoms with Crippen LogP contribution in [0.5, 0.6) is 0 Å². The highest BCUT2D eigenvalue weighted by molar-refractivity contribution is 5.79. The molecular formula is C12H10N2. The molecule has 0 saturated carbocycles. The molecule has 14 heavy (non-hydrogen) atoms. The molecule has 1 heterocycles. The van der Waals surface area contributed by atoms with Crippen molar-refractivity contribution >= 4 is 5.57 Å². The predicted octanol–water partition coefficient (Wildman–Crippen LogP) is 2.71. The summed E-state index contributed by atoms with van der Waals surface area (Å²) < 4.78 is 0. The monoisotopic (exact) mass is 182 g/mol. The van der Waals surface area contributed by atoms with E-state index in [1.54, 1.807) is 12.4 Å². The summed E-state index contributed by atoms with van der Waals surface area (Å²) in [5, 5.41) is 8.97. The van der Waals surface area contributed by atoms with Crippen LogP contribution in [0.4, 0.5) is 0 Å². The first-order valence-corrected chi connectivity index (χ1v) is 4.62. The van der Waals surface area contributed by atoms with Gasteiger partial charge in [0.25, 0.3) is 0 Å². The molecule has 0 N–H and O–H groups in total. The van der Waals surface area contributed by atoms with E-state index < -0.39 is 0 Å². The van der Waals surface area contributed by atoms with Crippen LogP contribution in [-0.2, 0) is 0 Å². The van der Waals surface area contributed by atoms with Gasteiger partial charge in [-0.3, -0.25) is 4.98 Å². The van der Waals surface area contributed by atoms with Gasteiger partial charge in [-0.1, -0.05) is 12.2 Å². The Balaban J connectivity index is 2.48. The summed E-state index contributed by atoms with van der Waals surface area (Å²) in [5.74, 6) is 0. The summed E-state index contributed by atoms with van der Waals surface area (Å²) >= 11 is 0. The number of pyridine rings is 1. The van der Waals surface area contributed by atoms with Gasteiger partial charge in [-0.2, -0.15) is 5.26 Å². The molecule has 68 valence electrons. The van der Waals surface area contributed by atoms with Gasteiger partial charge in [-0.05, 0) is 36.1 Å². The van der Waals surface area contributed by atoms with E-state index >= 15 is 0 Å². The highest BCUT2D eigenvalue weighted by Gasteiger charge is 2.08. The zero-order chi connectivity index (χ0) is 9.80. The van der Waals surface area contributed by atoms with Crippen molar-refractivity contribution in [3.05, 3.63) is 47.8 Å². The molecule has 0 aromatic carbocycles. The van der Waals surface area contributed by atoms with Crippen molar-refractivity contribution in [2.75, 3.05) is 0 Å². The number of nitriles is 1. The number of hydrogen-bond donors (Lipinski definition) is 0. The quantitative estimate of drug-likeness (QED) is 0.669. The van der Waals surface area contributed by atoms with Crippen molar-refractivity contribution in [3.8, 4) is 6.07 Å². The molecule has 0 radical (unpaired) electrons. The lowest BCUT2D eigenvalue weighted by Crippen LogP contribution is -1.92. The Morgan fingerprint density at radius 1 is 1.29 bits per heavy atom. The minimum Gasteiger partial charge on any atom is -0.265 e. The van der Waals surface area contributed by atoms with E-state index in [1.165, 1.54) is 0 Å². The molecular weight excluding hydrogens is 172 g/mol. The molecule has 2 rings (SSSR count). The second-order valence-corrected chi connectivity index (χ2v) is 3.18. The van der Waals surface area contributed by atoms with Gasteiger partial charge in [0.15, 0.2) is 0 Å². The maximum atomic E-state index is 8.97. The number of hydrogen-bond acceptors (Lipinski definition) is 2. The smallest absolute Gasteiger partial charge is 0.0953 e. The van der Waals surface area contributed by atoms with Crippen LogP contribution in [0.2, 0.25) is 0 Å². The summed E-state index contributed by atoms with van der Waals surface area (Å²) in [5.41, 5.74) is 2.99. The van der Waals surface area contributed by atoms with Crippen LogP contribution in [0.25, 0.3) is 5.57 Å². The SMILES string of the molecule is N#CC1=C(c2ccncc2)C=CCC1. The predicted molar refractivity (Wildman–Crippen MR) is 55.1 cm³/mol. The third kappa shape index (κ3) is 1.57. The Labute approximate surface area is 83.2 Å². The molecule has 2 nitrogen and oxygen atoms in total. The zero-order valence-electron chi connectivity index (χ0n) is 7.77. The summed E-state index contributed by atoms with van der Waals surface area (Å²) in [6.07, 6.45) is 9.45. The van der Waals surface area contributed by atoms with Gasteiger partial charge in [0.1, 0.15) is 0 Å². The van der Waals surface area contributed by atoms with Crippen LogP contribution < -0.4 is 0 Å². The summed E-state index contributed by atoms with van der Waals surface area (Å²) in [7, 11) is 0. The van der Waals surface area contributed by atoms with Gasteiger partial charge in [0.2, 0.25) is 0 Å². The van der Waals surface area contributed by atoms with E-state index in [2.05, 4.69) is 17.1 Å². The first kappa shape index (κ1) is 8.71. The van der Waals surface area contributed by atoms with Crippen LogP contribution in [0.1, 0.15) is 18.4 Å². The van der Waals surface area contributed by atoms with Crippen LogP contribution >= 0.6 is 0 Å². The maximum absolute atomic E-state index is 8.97. The van der Waals surface area contributed by atoms with Gasteiger partial charge in [-0.15, -0.1) is 0 Å². The molecule has 2 heteroatoms. The zero-order valence-corrected chi connectivity index (χ0v) is 7.77. The number of allylic oxidation sites excluding steroid dienone is 4. The minimum absolute atomic E-state index is 0.852. The Hall–Kier alpha value is -1.88. The summed E-state index contributed by atoms with van der Waals surface area (Å²) in [6.45, 7) is 0. The van der Waals surface area contributed by atoms with Gasteiger partial charge in [0, 0.05) is 18.0 Å². The fraction of sp³-hybridized carbons (Fsp3) is 0.167. The molecule has 0 fully saturated rings. The third-order valence-electron chi connectivity index (χ3n) is 2.30. The van der Waals surface area contributed by atoms with E-state index in [1.807, 2.05) is 18.2 Å². The van der Waals surface area contributed by atoms with Crippen molar-refractivity contribution < 1.29 is 0 Å². The van der Waals surface area contributed by atoms with E-state index in [0.29, 0.717) is 0 Å². The third-order valence-corrected chi connectivity index (χ3v) is 2.30. The Morgan fingerprint density at radius 2 is 2.07 bits per heavy atom. The highest BCUT2D eigenvalue weighted by Crippen LogP contribution is 2.26. The molecule has 0 aliphatic heterocycles. The topological polar surface area (TPSA) is 36.7 Å². The largest absolute Gasteiger partial charge is 0.265 e. The molecule has 1 aliphatic rings. The van der Waals surface area contributed by atoms with Gasteiger partial charge in [0.05, 0.1) is 6.07 Å². The number of nitrogens with zero attached hydrogens (tertiary/aromatic N) is 2. The van der Waals surface area contributed by atoms with Gasteiger partial charge in [-0.25, -0.2) is 0 Å². The van der Waals surface area contributed by atoms with Gasteiger partial charge < -0.3 is 0 Å². The highest BCUT2D eigenvalue weighted by atomic mass is 14.6. The molecule has 0 spiro atoms. The van der Waals surface area contributed by atoms with E-state index in [4.69, 9.17) is 5.26 Å². The van der Waals surface area contributed by atoms with Crippen LogP contribution in [0.3, 0.4) is 0 Å². The first-order chi connectivity index (χ1) is 6.92. The number of aromatic nitrogens is 1. The standard InChI is InChI=1S/C12H10N2/c13-9-11-3-1-2-4-12(11)10-5-7-14-8-6-10/h2,4-8H,1,3H2. The number of rotatable bonds is 1. The fourth-order valence-electron chi connectivity index (χ4n) is 1.58. The van der Waals surface area contributed by atoms with Crippen molar-refractivity contribution in [2.45, 2.75) is 12.8 Å². The normalized spacial score (nSPS) is 15.4. The van der Waals surface area contributed by atoms with E-state index in [0.717, 1.165) is 29.6 Å². The van der Waals surface area contributed by atoms with Crippen LogP contribution in [-0.4, -0.2) is 4.98 Å². The van der Waals surface area contributed by atoms with Crippen molar-refractivity contribution in [3.63, 3.8) is 0 Å². The lowest BCUT2D eigenvalue weighted by atomic mass is 9.94. The molecule has 0 saturated heterocycles. The fourth-order valence-corrected chi connectivity index (χ4v) is 1.58. The second kappa shape index (κ2) is 3.89. The molecule has 0 bridgehead atoms. The Kier molecular flexibility index (Phi) is 2.42. The average molecular weight is 182 g/mol. The minimum atomic E-state index is 0.852. The Morgan fingerprint density at radius 3 is 2.79 bits per heavy atom. The Bertz CT molecular complexity index is 421. The summed E-state index contributed by atoms with van der Waals surface area (Å²) in [4.78, 5) is 3.96. The average Bonchev–Trinajstić information content (AvgIpc) is 2.30. The van der Waals surface area contributed by atoms with Crippen molar-refractivity contribution in [2.24, 2.45) is 0 Å².